The second-order valence-electron chi connectivity index (χ2n) is 8.09. The molecule has 1 amide bonds. The molecule has 1 saturated heterocycles. The van der Waals surface area contributed by atoms with Gasteiger partial charge in [0, 0.05) is 48.2 Å². The molecule has 2 fully saturated rings. The highest BCUT2D eigenvalue weighted by atomic mass is 32.2. The number of piperidine rings is 1. The van der Waals surface area contributed by atoms with Gasteiger partial charge < -0.3 is 0 Å². The number of nitrogens with zero attached hydrogens (tertiary/aromatic N) is 4. The normalized spacial score (nSPS) is 21.9. The van der Waals surface area contributed by atoms with Crippen LogP contribution < -0.4 is 5.32 Å². The van der Waals surface area contributed by atoms with Crippen molar-refractivity contribution >= 4 is 34.2 Å². The molecule has 0 atom stereocenters. The minimum atomic E-state index is -2.52. The highest BCUT2D eigenvalue weighted by Gasteiger charge is 2.34. The first-order valence-corrected chi connectivity index (χ1v) is 11.1. The zero-order valence-electron chi connectivity index (χ0n) is 16.5. The number of halogens is 2. The topological polar surface area (TPSA) is 62.5 Å². The van der Waals surface area contributed by atoms with Crippen molar-refractivity contribution in [2.45, 2.75) is 38.0 Å². The minimum Gasteiger partial charge on any atom is -0.298 e. The summed E-state index contributed by atoms with van der Waals surface area (Å²) in [6, 6.07) is 5.78. The van der Waals surface area contributed by atoms with E-state index in [0.29, 0.717) is 31.2 Å². The number of allylic oxidation sites excluding steroid dienone is 2. The molecular weight excluding hydrogens is 408 g/mol. The number of alkyl halides is 2. The van der Waals surface area contributed by atoms with Crippen LogP contribution >= 0.6 is 11.8 Å². The summed E-state index contributed by atoms with van der Waals surface area (Å²) in [5, 5.41) is 7.31. The van der Waals surface area contributed by atoms with Crippen LogP contribution in [0.5, 0.6) is 0 Å². The van der Waals surface area contributed by atoms with E-state index in [0.717, 1.165) is 34.8 Å². The van der Waals surface area contributed by atoms with Crippen molar-refractivity contribution < 1.29 is 13.6 Å². The first-order valence-electron chi connectivity index (χ1n) is 10.3. The van der Waals surface area contributed by atoms with Crippen LogP contribution in [0.15, 0.2) is 35.3 Å². The maximum atomic E-state index is 13.4. The number of fused-ring (bicyclic) bond motifs is 1. The van der Waals surface area contributed by atoms with Gasteiger partial charge >= 0.3 is 0 Å². The molecule has 2 aromatic rings. The van der Waals surface area contributed by atoms with Crippen molar-refractivity contribution in [3.05, 3.63) is 41.0 Å². The van der Waals surface area contributed by atoms with Crippen LogP contribution in [0, 0.1) is 5.92 Å². The Labute approximate surface area is 177 Å². The molecule has 1 aliphatic carbocycles. The van der Waals surface area contributed by atoms with Crippen LogP contribution in [0.1, 0.15) is 37.8 Å². The molecule has 2 aliphatic heterocycles. The fourth-order valence-electron chi connectivity index (χ4n) is 3.74. The van der Waals surface area contributed by atoms with Gasteiger partial charge in [-0.25, -0.2) is 13.3 Å². The van der Waals surface area contributed by atoms with Crippen molar-refractivity contribution in [1.82, 2.24) is 19.5 Å². The highest BCUT2D eigenvalue weighted by Crippen LogP contribution is 2.39. The van der Waals surface area contributed by atoms with Gasteiger partial charge in [0.05, 0.1) is 5.69 Å². The van der Waals surface area contributed by atoms with E-state index in [1.54, 1.807) is 16.3 Å². The Morgan fingerprint density at radius 1 is 1.23 bits per heavy atom. The molecule has 4 heterocycles. The molecule has 0 radical (unpaired) electrons. The smallest absolute Gasteiger partial charge is 0.250 e. The number of nitrogens with one attached hydrogen (secondary N) is 1. The van der Waals surface area contributed by atoms with Gasteiger partial charge in [-0.2, -0.15) is 4.98 Å². The summed E-state index contributed by atoms with van der Waals surface area (Å²) in [7, 11) is 0. The molecule has 5 rings (SSSR count). The van der Waals surface area contributed by atoms with E-state index in [2.05, 4.69) is 32.5 Å². The van der Waals surface area contributed by atoms with Crippen LogP contribution in [-0.2, 0) is 4.79 Å². The van der Waals surface area contributed by atoms with Crippen molar-refractivity contribution in [2.24, 2.45) is 5.92 Å². The third-order valence-corrected chi connectivity index (χ3v) is 6.81. The Morgan fingerprint density at radius 3 is 2.80 bits per heavy atom. The van der Waals surface area contributed by atoms with Crippen LogP contribution in [0.25, 0.3) is 10.6 Å². The Hall–Kier alpha value is -2.26. The largest absolute Gasteiger partial charge is 0.298 e. The predicted octanol–water partition coefficient (Wildman–Crippen LogP) is 4.17. The van der Waals surface area contributed by atoms with Crippen LogP contribution in [-0.4, -0.2) is 51.0 Å². The number of rotatable bonds is 5. The van der Waals surface area contributed by atoms with Crippen LogP contribution in [0.2, 0.25) is 0 Å². The van der Waals surface area contributed by atoms with Gasteiger partial charge in [-0.05, 0) is 31.4 Å². The van der Waals surface area contributed by atoms with Crippen LogP contribution in [0.3, 0.4) is 0 Å². The van der Waals surface area contributed by atoms with Gasteiger partial charge in [-0.1, -0.05) is 30.0 Å². The number of likely N-dealkylation sites (tertiary alicyclic amines) is 1. The first kappa shape index (κ1) is 19.7. The average molecular weight is 432 g/mol. The molecule has 0 unspecified atom stereocenters. The summed E-state index contributed by atoms with van der Waals surface area (Å²) in [5.74, 6) is -2.12. The summed E-state index contributed by atoms with van der Waals surface area (Å²) < 4.78 is 28.6. The number of carbonyl (C=O) groups excluding carboxylic acids is 1. The lowest BCUT2D eigenvalue weighted by Gasteiger charge is -2.32. The molecule has 0 spiro atoms. The zero-order valence-corrected chi connectivity index (χ0v) is 17.3. The summed E-state index contributed by atoms with van der Waals surface area (Å²) in [6.45, 7) is 1.54. The summed E-state index contributed by atoms with van der Waals surface area (Å²) in [6.07, 6.45) is 6.80. The molecule has 0 bridgehead atoms. The molecule has 3 aliphatic rings. The lowest BCUT2D eigenvalue weighted by Crippen LogP contribution is -2.40. The first-order chi connectivity index (χ1) is 14.5. The number of pyridine rings is 1. The molecule has 2 aromatic heterocycles. The molecule has 0 aromatic carbocycles. The monoisotopic (exact) mass is 431 g/mol. The van der Waals surface area contributed by atoms with Crippen molar-refractivity contribution in [3.8, 4) is 0 Å². The standard InChI is InChI=1S/C21H23F2N5OS/c22-21(23)9-11-27(12-10-21)13-15-3-1-5-17(30-15)16-4-2-6-18-24-20(26-28(16)18)25-19(29)14-7-8-14/h2-6,14H,1,7-13H2,(H,25,26,29). The highest BCUT2D eigenvalue weighted by molar-refractivity contribution is 8.11. The minimum absolute atomic E-state index is 0.0176. The van der Waals surface area contributed by atoms with Gasteiger partial charge in [0.15, 0.2) is 5.65 Å². The Kier molecular flexibility index (Phi) is 5.10. The molecule has 1 N–H and O–H groups in total. The Balaban J connectivity index is 1.30. The number of thioether (sulfide) groups is 1. The van der Waals surface area contributed by atoms with Crippen molar-refractivity contribution in [1.29, 1.82) is 0 Å². The SMILES string of the molecule is O=C(Nc1nc2cccc(C3=CCC=C(CN4CCC(F)(F)CC4)S3)n2n1)C1CC1. The van der Waals surface area contributed by atoms with Gasteiger partial charge in [0.1, 0.15) is 0 Å². The number of carbonyl (C=O) groups is 1. The number of aromatic nitrogens is 3. The number of hydrogen-bond donors (Lipinski definition) is 1. The summed E-state index contributed by atoms with van der Waals surface area (Å²) in [4.78, 5) is 20.8. The fourth-order valence-corrected chi connectivity index (χ4v) is 4.88. The van der Waals surface area contributed by atoms with E-state index in [1.165, 1.54) is 0 Å². The number of hydrogen-bond acceptors (Lipinski definition) is 5. The molecule has 158 valence electrons. The second-order valence-corrected chi connectivity index (χ2v) is 9.26. The molecular formula is C21H23F2N5OS. The maximum absolute atomic E-state index is 13.4. The second kappa shape index (κ2) is 7.77. The zero-order chi connectivity index (χ0) is 20.7. The lowest BCUT2D eigenvalue weighted by atomic mass is 10.1. The van der Waals surface area contributed by atoms with Gasteiger partial charge in [0.25, 0.3) is 5.92 Å². The van der Waals surface area contributed by atoms with E-state index in [-0.39, 0.29) is 24.7 Å². The van der Waals surface area contributed by atoms with E-state index >= 15 is 0 Å². The Bertz CT molecular complexity index is 1030. The van der Waals surface area contributed by atoms with Crippen molar-refractivity contribution in [2.75, 3.05) is 25.0 Å². The summed E-state index contributed by atoms with van der Waals surface area (Å²) in [5.41, 5.74) is 1.59. The van der Waals surface area contributed by atoms with E-state index in [4.69, 9.17) is 0 Å². The van der Waals surface area contributed by atoms with Gasteiger partial charge in [-0.3, -0.25) is 15.0 Å². The molecule has 30 heavy (non-hydrogen) atoms. The molecule has 9 heteroatoms. The predicted molar refractivity (Wildman–Crippen MR) is 113 cm³/mol. The third kappa shape index (κ3) is 4.27. The van der Waals surface area contributed by atoms with Crippen molar-refractivity contribution in [3.63, 3.8) is 0 Å². The number of amides is 1. The molecule has 6 nitrogen and oxygen atoms in total. The van der Waals surface area contributed by atoms with E-state index in [1.807, 2.05) is 18.2 Å². The van der Waals surface area contributed by atoms with Gasteiger partial charge in [0.2, 0.25) is 11.9 Å². The lowest BCUT2D eigenvalue weighted by molar-refractivity contribution is -0.117. The van der Waals surface area contributed by atoms with Gasteiger partial charge in [-0.15, -0.1) is 5.10 Å². The van der Waals surface area contributed by atoms with E-state index in [9.17, 15) is 13.6 Å². The summed E-state index contributed by atoms with van der Waals surface area (Å²) >= 11 is 1.65. The van der Waals surface area contributed by atoms with E-state index < -0.39 is 5.92 Å². The fraction of sp³-hybridized carbons (Fsp3) is 0.476. The average Bonchev–Trinajstić information content (AvgIpc) is 3.50. The quantitative estimate of drug-likeness (QED) is 0.770. The maximum Gasteiger partial charge on any atom is 0.250 e. The third-order valence-electron chi connectivity index (χ3n) is 5.65. The Morgan fingerprint density at radius 2 is 2.03 bits per heavy atom. The number of anilines is 1. The molecule has 1 saturated carbocycles. The van der Waals surface area contributed by atoms with Crippen LogP contribution in [0.4, 0.5) is 14.7 Å².